The molecule has 1 heterocycles. The van der Waals surface area contributed by atoms with E-state index in [1.807, 2.05) is 6.20 Å². The van der Waals surface area contributed by atoms with Crippen LogP contribution in [-0.2, 0) is 19.4 Å². The number of aryl methyl sites for hydroxylation is 3. The molecular weight excluding hydrogens is 196 g/mol. The summed E-state index contributed by atoms with van der Waals surface area (Å²) >= 11 is 0. The van der Waals surface area contributed by atoms with E-state index in [-0.39, 0.29) is 0 Å². The summed E-state index contributed by atoms with van der Waals surface area (Å²) in [5.41, 5.74) is 1.41. The van der Waals surface area contributed by atoms with Crippen LogP contribution in [0.15, 0.2) is 42.7 Å². The van der Waals surface area contributed by atoms with E-state index in [1.54, 1.807) is 0 Å². The molecule has 0 bridgehead atoms. The Kier molecular flexibility index (Phi) is 3.76. The fraction of sp³-hybridized carbons (Fsp3) is 0.357. The SMILES string of the molecule is CCn1ccnc1CCCc1ccccc1. The van der Waals surface area contributed by atoms with Crippen molar-refractivity contribution >= 4 is 0 Å². The van der Waals surface area contributed by atoms with Crippen LogP contribution < -0.4 is 0 Å². The lowest BCUT2D eigenvalue weighted by atomic mass is 10.1. The summed E-state index contributed by atoms with van der Waals surface area (Å²) in [4.78, 5) is 4.38. The monoisotopic (exact) mass is 214 g/mol. The molecule has 0 aliphatic rings. The molecule has 16 heavy (non-hydrogen) atoms. The standard InChI is InChI=1S/C14H18N2/c1-2-16-12-11-15-14(16)10-6-9-13-7-4-3-5-8-13/h3-5,7-8,11-12H,2,6,9-10H2,1H3. The van der Waals surface area contributed by atoms with E-state index in [2.05, 4.69) is 53.0 Å². The molecule has 0 saturated carbocycles. The predicted octanol–water partition coefficient (Wildman–Crippen LogP) is 3.08. The fourth-order valence-electron chi connectivity index (χ4n) is 1.95. The third-order valence-corrected chi connectivity index (χ3v) is 2.85. The molecule has 0 amide bonds. The van der Waals surface area contributed by atoms with Gasteiger partial charge in [0.25, 0.3) is 0 Å². The third-order valence-electron chi connectivity index (χ3n) is 2.85. The fourth-order valence-corrected chi connectivity index (χ4v) is 1.95. The lowest BCUT2D eigenvalue weighted by Gasteiger charge is -2.04. The molecule has 2 rings (SSSR count). The van der Waals surface area contributed by atoms with Gasteiger partial charge in [0.2, 0.25) is 0 Å². The average Bonchev–Trinajstić information content (AvgIpc) is 2.78. The van der Waals surface area contributed by atoms with Crippen molar-refractivity contribution in [2.24, 2.45) is 0 Å². The van der Waals surface area contributed by atoms with Crippen LogP contribution in [0.25, 0.3) is 0 Å². The first kappa shape index (κ1) is 10.9. The summed E-state index contributed by atoms with van der Waals surface area (Å²) in [6, 6.07) is 10.6. The van der Waals surface area contributed by atoms with Crippen molar-refractivity contribution in [2.45, 2.75) is 32.7 Å². The maximum Gasteiger partial charge on any atom is 0.108 e. The number of imidazole rings is 1. The molecule has 84 valence electrons. The van der Waals surface area contributed by atoms with E-state index >= 15 is 0 Å². The van der Waals surface area contributed by atoms with Crippen LogP contribution in [0.3, 0.4) is 0 Å². The molecule has 0 radical (unpaired) electrons. The third kappa shape index (κ3) is 2.72. The molecule has 0 atom stereocenters. The first-order valence-corrected chi connectivity index (χ1v) is 5.94. The van der Waals surface area contributed by atoms with Gasteiger partial charge in [-0.15, -0.1) is 0 Å². The number of rotatable bonds is 5. The maximum atomic E-state index is 4.38. The second-order valence-electron chi connectivity index (χ2n) is 3.97. The van der Waals surface area contributed by atoms with E-state index in [4.69, 9.17) is 0 Å². The van der Waals surface area contributed by atoms with Gasteiger partial charge in [-0.3, -0.25) is 0 Å². The minimum Gasteiger partial charge on any atom is -0.335 e. The first-order valence-electron chi connectivity index (χ1n) is 5.94. The Bertz CT molecular complexity index is 417. The van der Waals surface area contributed by atoms with Gasteiger partial charge in [0.15, 0.2) is 0 Å². The van der Waals surface area contributed by atoms with E-state index in [9.17, 15) is 0 Å². The largest absolute Gasteiger partial charge is 0.335 e. The van der Waals surface area contributed by atoms with Crippen molar-refractivity contribution in [3.05, 3.63) is 54.1 Å². The number of hydrogen-bond acceptors (Lipinski definition) is 1. The molecule has 2 heteroatoms. The molecule has 2 aromatic rings. The minimum atomic E-state index is 1.01. The molecule has 0 spiro atoms. The Morgan fingerprint density at radius 1 is 1.12 bits per heavy atom. The zero-order valence-electron chi connectivity index (χ0n) is 9.76. The number of benzene rings is 1. The van der Waals surface area contributed by atoms with Crippen molar-refractivity contribution in [1.29, 1.82) is 0 Å². The smallest absolute Gasteiger partial charge is 0.108 e. The van der Waals surface area contributed by atoms with Crippen molar-refractivity contribution in [3.8, 4) is 0 Å². The van der Waals surface area contributed by atoms with Gasteiger partial charge in [-0.25, -0.2) is 4.98 Å². The summed E-state index contributed by atoms with van der Waals surface area (Å²) in [7, 11) is 0. The second-order valence-corrected chi connectivity index (χ2v) is 3.97. The Labute approximate surface area is 97.0 Å². The Hall–Kier alpha value is -1.57. The van der Waals surface area contributed by atoms with Crippen molar-refractivity contribution in [3.63, 3.8) is 0 Å². The van der Waals surface area contributed by atoms with Gasteiger partial charge in [-0.2, -0.15) is 0 Å². The molecule has 0 unspecified atom stereocenters. The van der Waals surface area contributed by atoms with E-state index < -0.39 is 0 Å². The predicted molar refractivity (Wildman–Crippen MR) is 66.4 cm³/mol. The zero-order valence-corrected chi connectivity index (χ0v) is 9.76. The maximum absolute atomic E-state index is 4.38. The highest BCUT2D eigenvalue weighted by Crippen LogP contribution is 2.07. The molecule has 0 aliphatic heterocycles. The molecular formula is C14H18N2. The summed E-state index contributed by atoms with van der Waals surface area (Å²) in [5.74, 6) is 1.21. The van der Waals surface area contributed by atoms with Crippen LogP contribution in [-0.4, -0.2) is 9.55 Å². The lowest BCUT2D eigenvalue weighted by Crippen LogP contribution is -2.01. The lowest BCUT2D eigenvalue weighted by molar-refractivity contribution is 0.668. The van der Waals surface area contributed by atoms with Crippen molar-refractivity contribution < 1.29 is 0 Å². The summed E-state index contributed by atoms with van der Waals surface area (Å²) in [6.45, 7) is 3.17. The highest BCUT2D eigenvalue weighted by Gasteiger charge is 2.00. The van der Waals surface area contributed by atoms with Gasteiger partial charge in [0.05, 0.1) is 0 Å². The molecule has 0 aliphatic carbocycles. The number of nitrogens with zero attached hydrogens (tertiary/aromatic N) is 2. The van der Waals surface area contributed by atoms with Gasteiger partial charge in [-0.05, 0) is 25.3 Å². The first-order chi connectivity index (χ1) is 7.90. The van der Waals surface area contributed by atoms with Gasteiger partial charge in [0.1, 0.15) is 5.82 Å². The van der Waals surface area contributed by atoms with E-state index in [1.165, 1.54) is 17.8 Å². The van der Waals surface area contributed by atoms with Gasteiger partial charge < -0.3 is 4.57 Å². The summed E-state index contributed by atoms with van der Waals surface area (Å²) in [5, 5.41) is 0. The normalized spacial score (nSPS) is 10.6. The van der Waals surface area contributed by atoms with E-state index in [0.717, 1.165) is 19.4 Å². The van der Waals surface area contributed by atoms with Crippen LogP contribution in [0, 0.1) is 0 Å². The molecule has 0 fully saturated rings. The van der Waals surface area contributed by atoms with Crippen molar-refractivity contribution in [1.82, 2.24) is 9.55 Å². The van der Waals surface area contributed by atoms with Crippen LogP contribution in [0.5, 0.6) is 0 Å². The van der Waals surface area contributed by atoms with E-state index in [0.29, 0.717) is 0 Å². The average molecular weight is 214 g/mol. The molecule has 2 nitrogen and oxygen atoms in total. The summed E-state index contributed by atoms with van der Waals surface area (Å²) in [6.07, 6.45) is 7.31. The second kappa shape index (κ2) is 5.50. The topological polar surface area (TPSA) is 17.8 Å². The van der Waals surface area contributed by atoms with Crippen LogP contribution in [0.2, 0.25) is 0 Å². The van der Waals surface area contributed by atoms with Gasteiger partial charge >= 0.3 is 0 Å². The van der Waals surface area contributed by atoms with Gasteiger partial charge in [0, 0.05) is 25.4 Å². The van der Waals surface area contributed by atoms with Crippen molar-refractivity contribution in [2.75, 3.05) is 0 Å². The number of aromatic nitrogens is 2. The van der Waals surface area contributed by atoms with Gasteiger partial charge in [-0.1, -0.05) is 30.3 Å². The Morgan fingerprint density at radius 2 is 1.94 bits per heavy atom. The summed E-state index contributed by atoms with van der Waals surface area (Å²) < 4.78 is 2.21. The highest BCUT2D eigenvalue weighted by molar-refractivity contribution is 5.14. The molecule has 1 aromatic heterocycles. The Morgan fingerprint density at radius 3 is 2.69 bits per heavy atom. The van der Waals surface area contributed by atoms with Crippen LogP contribution >= 0.6 is 0 Å². The quantitative estimate of drug-likeness (QED) is 0.748. The number of hydrogen-bond donors (Lipinski definition) is 0. The van der Waals surface area contributed by atoms with Crippen LogP contribution in [0.4, 0.5) is 0 Å². The molecule has 1 aromatic carbocycles. The Balaban J connectivity index is 1.85. The highest BCUT2D eigenvalue weighted by atomic mass is 15.0. The zero-order chi connectivity index (χ0) is 11.2. The molecule has 0 saturated heterocycles. The minimum absolute atomic E-state index is 1.01. The van der Waals surface area contributed by atoms with Crippen LogP contribution in [0.1, 0.15) is 24.7 Å². The molecule has 0 N–H and O–H groups in total.